The topological polar surface area (TPSA) is 58.6 Å². The summed E-state index contributed by atoms with van der Waals surface area (Å²) in [5.41, 5.74) is 3.18. The Hall–Kier alpha value is -1.95. The molecule has 0 saturated heterocycles. The van der Waals surface area contributed by atoms with Gasteiger partial charge in [-0.15, -0.1) is 0 Å². The fourth-order valence-electron chi connectivity index (χ4n) is 4.03. The van der Waals surface area contributed by atoms with E-state index in [0.29, 0.717) is 17.3 Å². The van der Waals surface area contributed by atoms with Crippen molar-refractivity contribution in [2.45, 2.75) is 38.0 Å². The molecule has 0 radical (unpaired) electrons. The van der Waals surface area contributed by atoms with Gasteiger partial charge in [-0.25, -0.2) is 4.21 Å². The van der Waals surface area contributed by atoms with Crippen molar-refractivity contribution >= 4 is 14.9 Å². The highest BCUT2D eigenvalue weighted by atomic mass is 32.3. The molecule has 0 bridgehead atoms. The molecule has 30 heavy (non-hydrogen) atoms. The Morgan fingerprint density at radius 2 is 1.77 bits per heavy atom. The normalized spacial score (nSPS) is 18.4. The van der Waals surface area contributed by atoms with Crippen molar-refractivity contribution in [2.24, 2.45) is 5.92 Å². The molecule has 0 amide bonds. The summed E-state index contributed by atoms with van der Waals surface area (Å²) in [5, 5.41) is 3.38. The van der Waals surface area contributed by atoms with E-state index >= 15 is 0 Å². The molecule has 5 heteroatoms. The van der Waals surface area contributed by atoms with Crippen molar-refractivity contribution in [1.82, 2.24) is 5.32 Å². The summed E-state index contributed by atoms with van der Waals surface area (Å²) < 4.78 is 30.6. The molecule has 1 aliphatic rings. The predicted octanol–water partition coefficient (Wildman–Crippen LogP) is 5.21. The lowest BCUT2D eigenvalue weighted by Gasteiger charge is -2.41. The highest BCUT2D eigenvalue weighted by molar-refractivity contribution is 8.14. The number of nitrogens with one attached hydrogen (secondary N) is 1. The summed E-state index contributed by atoms with van der Waals surface area (Å²) in [4.78, 5) is 0.523. The van der Waals surface area contributed by atoms with Gasteiger partial charge < -0.3 is 10.1 Å². The van der Waals surface area contributed by atoms with Gasteiger partial charge >= 0.3 is 0 Å². The van der Waals surface area contributed by atoms with Crippen molar-refractivity contribution in [3.05, 3.63) is 65.7 Å². The van der Waals surface area contributed by atoms with Crippen LogP contribution in [-0.4, -0.2) is 40.5 Å². The van der Waals surface area contributed by atoms with Crippen molar-refractivity contribution in [3.8, 4) is 5.75 Å². The second kappa shape index (κ2) is 9.46. The van der Waals surface area contributed by atoms with Crippen LogP contribution in [0.1, 0.15) is 44.2 Å². The molecule has 0 aliphatic carbocycles. The third kappa shape index (κ3) is 5.39. The van der Waals surface area contributed by atoms with Gasteiger partial charge in [-0.1, -0.05) is 63.1 Å². The van der Waals surface area contributed by atoms with E-state index in [1.165, 1.54) is 6.26 Å². The Balaban J connectivity index is 1.97. The van der Waals surface area contributed by atoms with Crippen LogP contribution in [0.25, 0.3) is 5.57 Å². The molecule has 4 nitrogen and oxygen atoms in total. The standard InChI is InChI=1S/C25H35NO3S/c1-4-20(5-2)19-30(3,27,28)22-14-12-21(13-15-22)23-10-8-16-26-17-18-29-25-11-7-6-9-24(23)25/h6-7,9-15,20,26H,4-5,8,16-19H2,1-3H3,(H,27,28)/b23-10-. The molecule has 2 aromatic carbocycles. The zero-order valence-corrected chi connectivity index (χ0v) is 19.2. The lowest BCUT2D eigenvalue weighted by molar-refractivity contribution is 0.313. The van der Waals surface area contributed by atoms with Gasteiger partial charge in [0, 0.05) is 24.1 Å². The summed E-state index contributed by atoms with van der Waals surface area (Å²) in [7, 11) is -3.87. The molecule has 0 aromatic heterocycles. The number of fused-ring (bicyclic) bond motifs is 1. The summed E-state index contributed by atoms with van der Waals surface area (Å²) in [6, 6.07) is 15.7. The van der Waals surface area contributed by atoms with E-state index in [2.05, 4.69) is 31.3 Å². The van der Waals surface area contributed by atoms with E-state index < -0.39 is 9.35 Å². The summed E-state index contributed by atoms with van der Waals surface area (Å²) in [6.07, 6.45) is 6.47. The maximum Gasteiger partial charge on any atom is 0.127 e. The fraction of sp³-hybridized carbons (Fsp3) is 0.440. The van der Waals surface area contributed by atoms with E-state index in [0.717, 1.165) is 54.8 Å². The maximum atomic E-state index is 13.5. The molecule has 1 aliphatic heterocycles. The van der Waals surface area contributed by atoms with Gasteiger partial charge in [-0.2, -0.15) is 9.35 Å². The largest absolute Gasteiger partial charge is 0.492 e. The quantitative estimate of drug-likeness (QED) is 0.662. The lowest BCUT2D eigenvalue weighted by Crippen LogP contribution is -2.37. The number of rotatable bonds is 6. The molecule has 0 fully saturated rings. The third-order valence-electron chi connectivity index (χ3n) is 5.94. The Bertz CT molecular complexity index is 939. The predicted molar refractivity (Wildman–Crippen MR) is 127 cm³/mol. The first-order valence-corrected chi connectivity index (χ1v) is 13.4. The Morgan fingerprint density at radius 1 is 1.07 bits per heavy atom. The van der Waals surface area contributed by atoms with Gasteiger partial charge in [-0.05, 0) is 48.2 Å². The molecule has 0 spiro atoms. The minimum Gasteiger partial charge on any atom is -0.492 e. The average Bonchev–Trinajstić information content (AvgIpc) is 2.75. The summed E-state index contributed by atoms with van der Waals surface area (Å²) in [5.74, 6) is 1.43. The van der Waals surface area contributed by atoms with Gasteiger partial charge in [0.1, 0.15) is 12.4 Å². The van der Waals surface area contributed by atoms with E-state index in [1.807, 2.05) is 42.5 Å². The van der Waals surface area contributed by atoms with Crippen LogP contribution in [0.3, 0.4) is 0 Å². The molecule has 164 valence electrons. The molecule has 0 saturated carbocycles. The molecule has 3 rings (SSSR count). The first kappa shape index (κ1) is 22.7. The first-order valence-electron chi connectivity index (χ1n) is 10.9. The maximum absolute atomic E-state index is 13.5. The van der Waals surface area contributed by atoms with E-state index in [9.17, 15) is 8.76 Å². The van der Waals surface area contributed by atoms with Gasteiger partial charge in [-0.3, -0.25) is 4.55 Å². The SMILES string of the molecule is CCC(CC)CS(C)(=O)(O)c1ccc(/C2=C/CCNCCOc3ccccc32)cc1. The van der Waals surface area contributed by atoms with Crippen LogP contribution in [0.2, 0.25) is 0 Å². The van der Waals surface area contributed by atoms with E-state index in [1.54, 1.807) is 0 Å². The summed E-state index contributed by atoms with van der Waals surface area (Å²) in [6.45, 7) is 6.51. The van der Waals surface area contributed by atoms with Crippen molar-refractivity contribution in [2.75, 3.05) is 31.7 Å². The smallest absolute Gasteiger partial charge is 0.127 e. The van der Waals surface area contributed by atoms with Crippen molar-refractivity contribution in [3.63, 3.8) is 0 Å². The third-order valence-corrected chi connectivity index (χ3v) is 8.67. The van der Waals surface area contributed by atoms with Crippen LogP contribution in [0.5, 0.6) is 5.75 Å². The number of hydrogen-bond donors (Lipinski definition) is 2. The Kier molecular flexibility index (Phi) is 7.17. The van der Waals surface area contributed by atoms with Crippen LogP contribution in [0.15, 0.2) is 59.5 Å². The lowest BCUT2D eigenvalue weighted by atomic mass is 9.96. The van der Waals surface area contributed by atoms with Crippen LogP contribution in [0, 0.1) is 5.92 Å². The van der Waals surface area contributed by atoms with Gasteiger partial charge in [0.2, 0.25) is 0 Å². The van der Waals surface area contributed by atoms with Crippen LogP contribution < -0.4 is 10.1 Å². The van der Waals surface area contributed by atoms with Gasteiger partial charge in [0.05, 0.1) is 4.90 Å². The monoisotopic (exact) mass is 429 g/mol. The number of ether oxygens (including phenoxy) is 1. The molecule has 0 atom stereocenters. The second-order valence-corrected chi connectivity index (χ2v) is 12.1. The van der Waals surface area contributed by atoms with Gasteiger partial charge in [0.15, 0.2) is 0 Å². The van der Waals surface area contributed by atoms with Crippen LogP contribution in [0.4, 0.5) is 0 Å². The molecule has 2 aromatic rings. The highest BCUT2D eigenvalue weighted by Gasteiger charge is 2.27. The number of benzene rings is 2. The average molecular weight is 430 g/mol. The summed E-state index contributed by atoms with van der Waals surface area (Å²) >= 11 is 0. The van der Waals surface area contributed by atoms with Crippen molar-refractivity contribution in [1.29, 1.82) is 0 Å². The van der Waals surface area contributed by atoms with Crippen LogP contribution >= 0.6 is 0 Å². The minimum absolute atomic E-state index is 0.247. The molecule has 2 N–H and O–H groups in total. The zero-order chi connectivity index (χ0) is 21.6. The Labute approximate surface area is 181 Å². The molecular formula is C25H35NO3S. The molecule has 0 unspecified atom stereocenters. The molecular weight excluding hydrogens is 394 g/mol. The second-order valence-electron chi connectivity index (χ2n) is 8.36. The minimum atomic E-state index is -3.87. The number of hydrogen-bond acceptors (Lipinski definition) is 3. The Morgan fingerprint density at radius 3 is 2.47 bits per heavy atom. The van der Waals surface area contributed by atoms with E-state index in [-0.39, 0.29) is 5.92 Å². The first-order chi connectivity index (χ1) is 14.3. The zero-order valence-electron chi connectivity index (χ0n) is 18.4. The molecule has 1 heterocycles. The van der Waals surface area contributed by atoms with Gasteiger partial charge in [0.25, 0.3) is 0 Å². The van der Waals surface area contributed by atoms with Crippen LogP contribution in [-0.2, 0) is 9.35 Å². The number of para-hydroxylation sites is 1. The fourth-order valence-corrected chi connectivity index (χ4v) is 6.64. The van der Waals surface area contributed by atoms with Crippen molar-refractivity contribution < 1.29 is 13.5 Å². The van der Waals surface area contributed by atoms with E-state index in [4.69, 9.17) is 4.74 Å². The highest BCUT2D eigenvalue weighted by Crippen LogP contribution is 2.36.